The maximum atomic E-state index is 12.2. The van der Waals surface area contributed by atoms with Crippen molar-refractivity contribution < 1.29 is 9.59 Å². The molecular formula is C13H17BrN2O2S. The van der Waals surface area contributed by atoms with Crippen molar-refractivity contribution in [3.63, 3.8) is 0 Å². The molecule has 1 aromatic rings. The van der Waals surface area contributed by atoms with Crippen molar-refractivity contribution in [2.24, 2.45) is 0 Å². The first kappa shape index (κ1) is 14.7. The zero-order valence-corrected chi connectivity index (χ0v) is 13.3. The van der Waals surface area contributed by atoms with Gasteiger partial charge in [0.05, 0.1) is 11.4 Å². The van der Waals surface area contributed by atoms with Gasteiger partial charge in [-0.25, -0.2) is 0 Å². The fourth-order valence-electron chi connectivity index (χ4n) is 2.21. The van der Waals surface area contributed by atoms with Crippen molar-refractivity contribution in [2.75, 3.05) is 32.7 Å². The second-order valence-electron chi connectivity index (χ2n) is 4.66. The normalized spacial score (nSPS) is 17.3. The highest BCUT2D eigenvalue weighted by molar-refractivity contribution is 9.10. The lowest BCUT2D eigenvalue weighted by molar-refractivity contribution is -0.128. The highest BCUT2D eigenvalue weighted by Crippen LogP contribution is 2.23. The lowest BCUT2D eigenvalue weighted by Gasteiger charge is -2.20. The summed E-state index contributed by atoms with van der Waals surface area (Å²) in [5.74, 6) is 0.271. The molecule has 1 amide bonds. The molecule has 0 aliphatic carbocycles. The van der Waals surface area contributed by atoms with Gasteiger partial charge in [-0.15, -0.1) is 11.3 Å². The van der Waals surface area contributed by atoms with Crippen LogP contribution in [0.5, 0.6) is 0 Å². The van der Waals surface area contributed by atoms with Gasteiger partial charge in [0.1, 0.15) is 0 Å². The highest BCUT2D eigenvalue weighted by atomic mass is 79.9. The van der Waals surface area contributed by atoms with E-state index < -0.39 is 0 Å². The largest absolute Gasteiger partial charge is 0.342 e. The molecule has 0 radical (unpaired) electrons. The minimum absolute atomic E-state index is 0.120. The molecule has 6 heteroatoms. The molecule has 2 heterocycles. The second-order valence-corrected chi connectivity index (χ2v) is 6.43. The van der Waals surface area contributed by atoms with Crippen LogP contribution in [0.15, 0.2) is 15.9 Å². The van der Waals surface area contributed by atoms with Crippen molar-refractivity contribution in [3.05, 3.63) is 20.8 Å². The van der Waals surface area contributed by atoms with Crippen LogP contribution in [-0.2, 0) is 4.79 Å². The third-order valence-electron chi connectivity index (χ3n) is 3.27. The molecule has 1 aromatic heterocycles. The minimum Gasteiger partial charge on any atom is -0.342 e. The summed E-state index contributed by atoms with van der Waals surface area (Å²) in [5.41, 5.74) is 0. The number of ketones is 1. The number of Topliss-reactive ketones (excluding diaryl/α,β-unsaturated/α-hetero) is 1. The summed E-state index contributed by atoms with van der Waals surface area (Å²) in [6.45, 7) is 5.19. The van der Waals surface area contributed by atoms with Gasteiger partial charge in [0, 0.05) is 37.6 Å². The summed E-state index contributed by atoms with van der Waals surface area (Å²) >= 11 is 4.86. The Bertz CT molecular complexity index is 475. The van der Waals surface area contributed by atoms with Crippen molar-refractivity contribution in [1.29, 1.82) is 0 Å². The molecule has 1 aliphatic heterocycles. The Morgan fingerprint density at radius 1 is 1.32 bits per heavy atom. The first-order chi connectivity index (χ1) is 9.08. The van der Waals surface area contributed by atoms with E-state index in [2.05, 4.69) is 20.8 Å². The molecule has 0 atom stereocenters. The van der Waals surface area contributed by atoms with Crippen LogP contribution in [0.2, 0.25) is 0 Å². The predicted octanol–water partition coefficient (Wildman–Crippen LogP) is 2.25. The molecule has 0 N–H and O–H groups in total. The molecule has 1 fully saturated rings. The van der Waals surface area contributed by atoms with Gasteiger partial charge >= 0.3 is 0 Å². The van der Waals surface area contributed by atoms with Gasteiger partial charge < -0.3 is 4.90 Å². The Kier molecular flexibility index (Phi) is 5.13. The molecular weight excluding hydrogens is 328 g/mol. The van der Waals surface area contributed by atoms with E-state index in [-0.39, 0.29) is 11.7 Å². The number of hydrogen-bond donors (Lipinski definition) is 0. The van der Waals surface area contributed by atoms with Crippen molar-refractivity contribution in [2.45, 2.75) is 13.3 Å². The monoisotopic (exact) mass is 344 g/mol. The topological polar surface area (TPSA) is 40.6 Å². The summed E-state index contributed by atoms with van der Waals surface area (Å²) in [7, 11) is 0. The van der Waals surface area contributed by atoms with Gasteiger partial charge in [0.15, 0.2) is 5.78 Å². The Labute approximate surface area is 125 Å². The van der Waals surface area contributed by atoms with Crippen LogP contribution in [-0.4, -0.2) is 54.2 Å². The maximum Gasteiger partial charge on any atom is 0.219 e. The van der Waals surface area contributed by atoms with Gasteiger partial charge in [0.25, 0.3) is 0 Å². The molecule has 0 saturated carbocycles. The van der Waals surface area contributed by atoms with Crippen LogP contribution in [0.4, 0.5) is 0 Å². The number of nitrogens with zero attached hydrogens (tertiary/aromatic N) is 2. The molecule has 0 spiro atoms. The van der Waals surface area contributed by atoms with Crippen molar-refractivity contribution >= 4 is 39.0 Å². The first-order valence-electron chi connectivity index (χ1n) is 6.32. The number of halogens is 1. The van der Waals surface area contributed by atoms with Gasteiger partial charge in [0.2, 0.25) is 5.91 Å². The summed E-state index contributed by atoms with van der Waals surface area (Å²) < 4.78 is 0.877. The van der Waals surface area contributed by atoms with E-state index >= 15 is 0 Å². The molecule has 0 unspecified atom stereocenters. The number of carbonyl (C=O) groups is 2. The van der Waals surface area contributed by atoms with E-state index in [1.165, 1.54) is 11.3 Å². The van der Waals surface area contributed by atoms with E-state index in [1.54, 1.807) is 6.92 Å². The van der Waals surface area contributed by atoms with E-state index in [0.29, 0.717) is 13.1 Å². The highest BCUT2D eigenvalue weighted by Gasteiger charge is 2.20. The van der Waals surface area contributed by atoms with E-state index in [9.17, 15) is 9.59 Å². The molecule has 104 valence electrons. The maximum absolute atomic E-state index is 12.2. The Hall–Kier alpha value is -0.720. The fraction of sp³-hybridized carbons (Fsp3) is 0.538. The number of rotatable bonds is 3. The van der Waals surface area contributed by atoms with Crippen LogP contribution >= 0.6 is 27.3 Å². The zero-order valence-electron chi connectivity index (χ0n) is 10.9. The number of thiophene rings is 1. The fourth-order valence-corrected chi connectivity index (χ4v) is 3.74. The molecule has 19 heavy (non-hydrogen) atoms. The number of amides is 1. The average molecular weight is 345 g/mol. The number of carbonyl (C=O) groups excluding carboxylic acids is 2. The standard InChI is InChI=1S/C13H17BrN2O2S/c1-10(17)16-5-2-4-15(6-7-16)9-12(18)13-11(14)3-8-19-13/h3,8H,2,4-7,9H2,1H3. The van der Waals surface area contributed by atoms with Gasteiger partial charge in [-0.3, -0.25) is 14.5 Å². The zero-order chi connectivity index (χ0) is 13.8. The van der Waals surface area contributed by atoms with Crippen LogP contribution in [0.3, 0.4) is 0 Å². The molecule has 0 aromatic carbocycles. The van der Waals surface area contributed by atoms with E-state index in [4.69, 9.17) is 0 Å². The third kappa shape index (κ3) is 3.87. The van der Waals surface area contributed by atoms with Crippen molar-refractivity contribution in [3.8, 4) is 0 Å². The summed E-state index contributed by atoms with van der Waals surface area (Å²) in [4.78, 5) is 28.3. The molecule has 2 rings (SSSR count). The van der Waals surface area contributed by atoms with E-state index in [1.807, 2.05) is 16.3 Å². The lowest BCUT2D eigenvalue weighted by atomic mass is 10.3. The quantitative estimate of drug-likeness (QED) is 0.789. The third-order valence-corrected chi connectivity index (χ3v) is 5.15. The first-order valence-corrected chi connectivity index (χ1v) is 7.99. The minimum atomic E-state index is 0.120. The predicted molar refractivity (Wildman–Crippen MR) is 79.7 cm³/mol. The SMILES string of the molecule is CC(=O)N1CCCN(CC(=O)c2sccc2Br)CC1. The molecule has 4 nitrogen and oxygen atoms in total. The lowest BCUT2D eigenvalue weighted by Crippen LogP contribution is -2.35. The average Bonchev–Trinajstić information content (AvgIpc) is 2.65. The molecule has 1 saturated heterocycles. The van der Waals surface area contributed by atoms with Gasteiger partial charge in [-0.2, -0.15) is 0 Å². The van der Waals surface area contributed by atoms with Crippen LogP contribution in [0, 0.1) is 0 Å². The summed E-state index contributed by atoms with van der Waals surface area (Å²) in [6.07, 6.45) is 0.929. The van der Waals surface area contributed by atoms with Crippen LogP contribution in [0.25, 0.3) is 0 Å². The number of hydrogen-bond acceptors (Lipinski definition) is 4. The van der Waals surface area contributed by atoms with Crippen LogP contribution < -0.4 is 0 Å². The Morgan fingerprint density at radius 3 is 2.74 bits per heavy atom. The Balaban J connectivity index is 1.91. The second kappa shape index (κ2) is 6.63. The van der Waals surface area contributed by atoms with Gasteiger partial charge in [-0.05, 0) is 33.8 Å². The van der Waals surface area contributed by atoms with Crippen LogP contribution in [0.1, 0.15) is 23.0 Å². The smallest absolute Gasteiger partial charge is 0.219 e. The molecule has 1 aliphatic rings. The summed E-state index contributed by atoms with van der Waals surface area (Å²) in [6, 6.07) is 1.90. The Morgan fingerprint density at radius 2 is 2.11 bits per heavy atom. The van der Waals surface area contributed by atoms with Gasteiger partial charge in [-0.1, -0.05) is 0 Å². The summed E-state index contributed by atoms with van der Waals surface area (Å²) in [5, 5.41) is 1.91. The van der Waals surface area contributed by atoms with Crippen molar-refractivity contribution in [1.82, 2.24) is 9.80 Å². The molecule has 0 bridgehead atoms. The van der Waals surface area contributed by atoms with E-state index in [0.717, 1.165) is 35.4 Å².